The molecule has 0 bridgehead atoms. The quantitative estimate of drug-likeness (QED) is 0.920. The van der Waals surface area contributed by atoms with Gasteiger partial charge in [0.05, 0.1) is 0 Å². The van der Waals surface area contributed by atoms with Crippen molar-refractivity contribution in [2.24, 2.45) is 0 Å². The molecule has 0 saturated heterocycles. The first-order chi connectivity index (χ1) is 8.29. The molecule has 1 N–H and O–H groups in total. The first-order valence-corrected chi connectivity index (χ1v) is 6.91. The highest BCUT2D eigenvalue weighted by Gasteiger charge is 2.03. The number of hydrogen-bond acceptors (Lipinski definition) is 4. The third kappa shape index (κ3) is 3.52. The van der Waals surface area contributed by atoms with Gasteiger partial charge in [0.15, 0.2) is 0 Å². The summed E-state index contributed by atoms with van der Waals surface area (Å²) in [4.78, 5) is 4.18. The Bertz CT molecular complexity index is 473. The van der Waals surface area contributed by atoms with Gasteiger partial charge in [-0.2, -0.15) is 0 Å². The van der Waals surface area contributed by atoms with Gasteiger partial charge in [-0.15, -0.1) is 11.3 Å². The van der Waals surface area contributed by atoms with Gasteiger partial charge >= 0.3 is 0 Å². The SMILES string of the molecule is CNCc1cc(OCc2nccs2)ccc1Br. The van der Waals surface area contributed by atoms with Crippen LogP contribution in [0.5, 0.6) is 5.75 Å². The van der Waals surface area contributed by atoms with Gasteiger partial charge < -0.3 is 10.1 Å². The van der Waals surface area contributed by atoms with E-state index in [4.69, 9.17) is 4.74 Å². The Morgan fingerprint density at radius 1 is 1.47 bits per heavy atom. The van der Waals surface area contributed by atoms with Crippen molar-refractivity contribution in [2.45, 2.75) is 13.2 Å². The van der Waals surface area contributed by atoms with Crippen molar-refractivity contribution in [3.8, 4) is 5.75 Å². The van der Waals surface area contributed by atoms with Crippen molar-refractivity contribution < 1.29 is 4.74 Å². The van der Waals surface area contributed by atoms with E-state index >= 15 is 0 Å². The molecule has 0 spiro atoms. The molecule has 5 heteroatoms. The number of aromatic nitrogens is 1. The van der Waals surface area contributed by atoms with Crippen molar-refractivity contribution >= 4 is 27.3 Å². The monoisotopic (exact) mass is 312 g/mol. The Kier molecular flexibility index (Phi) is 4.53. The van der Waals surface area contributed by atoms with Crippen molar-refractivity contribution in [3.63, 3.8) is 0 Å². The molecule has 0 fully saturated rings. The molecule has 0 amide bonds. The summed E-state index contributed by atoms with van der Waals surface area (Å²) in [6.45, 7) is 1.34. The largest absolute Gasteiger partial charge is 0.486 e. The van der Waals surface area contributed by atoms with Gasteiger partial charge in [-0.05, 0) is 30.8 Å². The van der Waals surface area contributed by atoms with Gasteiger partial charge in [-0.25, -0.2) is 4.98 Å². The predicted molar refractivity (Wildman–Crippen MR) is 73.4 cm³/mol. The smallest absolute Gasteiger partial charge is 0.140 e. The van der Waals surface area contributed by atoms with E-state index in [0.717, 1.165) is 21.8 Å². The lowest BCUT2D eigenvalue weighted by Crippen LogP contribution is -2.06. The third-order valence-electron chi connectivity index (χ3n) is 2.23. The summed E-state index contributed by atoms with van der Waals surface area (Å²) in [6.07, 6.45) is 1.79. The summed E-state index contributed by atoms with van der Waals surface area (Å²) in [5, 5.41) is 6.07. The Balaban J connectivity index is 2.03. The molecule has 1 aromatic carbocycles. The molecular formula is C12H13BrN2OS. The number of nitrogens with one attached hydrogen (secondary N) is 1. The van der Waals surface area contributed by atoms with Gasteiger partial charge in [-0.3, -0.25) is 0 Å². The number of hydrogen-bond donors (Lipinski definition) is 1. The number of halogens is 1. The fourth-order valence-corrected chi connectivity index (χ4v) is 2.35. The number of nitrogens with zero attached hydrogens (tertiary/aromatic N) is 1. The molecule has 0 aliphatic carbocycles. The number of thiazole rings is 1. The normalized spacial score (nSPS) is 10.5. The van der Waals surface area contributed by atoms with Crippen LogP contribution in [-0.4, -0.2) is 12.0 Å². The van der Waals surface area contributed by atoms with Gasteiger partial charge in [0.2, 0.25) is 0 Å². The topological polar surface area (TPSA) is 34.1 Å². The highest BCUT2D eigenvalue weighted by Crippen LogP contribution is 2.23. The molecule has 0 unspecified atom stereocenters. The van der Waals surface area contributed by atoms with E-state index in [2.05, 4.69) is 26.2 Å². The summed E-state index contributed by atoms with van der Waals surface area (Å²) in [7, 11) is 1.93. The van der Waals surface area contributed by atoms with Gasteiger partial charge in [0.1, 0.15) is 17.4 Å². The lowest BCUT2D eigenvalue weighted by atomic mass is 10.2. The molecule has 2 rings (SSSR count). The van der Waals surface area contributed by atoms with Crippen LogP contribution in [-0.2, 0) is 13.2 Å². The first-order valence-electron chi connectivity index (χ1n) is 5.24. The van der Waals surface area contributed by atoms with E-state index in [1.165, 1.54) is 5.56 Å². The molecule has 17 heavy (non-hydrogen) atoms. The van der Waals surface area contributed by atoms with Crippen molar-refractivity contribution in [1.29, 1.82) is 0 Å². The van der Waals surface area contributed by atoms with E-state index in [0.29, 0.717) is 6.61 Å². The van der Waals surface area contributed by atoms with Gasteiger partial charge in [0.25, 0.3) is 0 Å². The average Bonchev–Trinajstić information content (AvgIpc) is 2.83. The molecular weight excluding hydrogens is 300 g/mol. The number of ether oxygens (including phenoxy) is 1. The molecule has 0 atom stereocenters. The Morgan fingerprint density at radius 3 is 3.06 bits per heavy atom. The maximum atomic E-state index is 5.69. The zero-order valence-corrected chi connectivity index (χ0v) is 11.8. The summed E-state index contributed by atoms with van der Waals surface area (Å²) >= 11 is 5.12. The molecule has 1 heterocycles. The second-order valence-corrected chi connectivity index (χ2v) is 5.33. The lowest BCUT2D eigenvalue weighted by molar-refractivity contribution is 0.305. The molecule has 0 aliphatic rings. The minimum atomic E-state index is 0.526. The van der Waals surface area contributed by atoms with Crippen LogP contribution in [0.25, 0.3) is 0 Å². The molecule has 3 nitrogen and oxygen atoms in total. The van der Waals surface area contributed by atoms with E-state index < -0.39 is 0 Å². The summed E-state index contributed by atoms with van der Waals surface area (Å²) < 4.78 is 6.78. The van der Waals surface area contributed by atoms with E-state index in [1.54, 1.807) is 17.5 Å². The minimum Gasteiger partial charge on any atom is -0.486 e. The van der Waals surface area contributed by atoms with Crippen LogP contribution in [0.1, 0.15) is 10.6 Å². The van der Waals surface area contributed by atoms with Crippen LogP contribution < -0.4 is 10.1 Å². The van der Waals surface area contributed by atoms with Crippen LogP contribution in [0.2, 0.25) is 0 Å². The lowest BCUT2D eigenvalue weighted by Gasteiger charge is -2.08. The predicted octanol–water partition coefficient (Wildman–Crippen LogP) is 3.20. The number of rotatable bonds is 5. The zero-order valence-electron chi connectivity index (χ0n) is 9.44. The average molecular weight is 313 g/mol. The first kappa shape index (κ1) is 12.5. The summed E-state index contributed by atoms with van der Waals surface area (Å²) in [5.41, 5.74) is 1.18. The Hall–Kier alpha value is -0.910. The van der Waals surface area contributed by atoms with Gasteiger partial charge in [0, 0.05) is 22.6 Å². The maximum absolute atomic E-state index is 5.69. The summed E-state index contributed by atoms with van der Waals surface area (Å²) in [6, 6.07) is 5.99. The maximum Gasteiger partial charge on any atom is 0.140 e. The van der Waals surface area contributed by atoms with Crippen molar-refractivity contribution in [1.82, 2.24) is 10.3 Å². The highest BCUT2D eigenvalue weighted by molar-refractivity contribution is 9.10. The molecule has 2 aromatic rings. The van der Waals surface area contributed by atoms with Crippen LogP contribution in [0.3, 0.4) is 0 Å². The zero-order chi connectivity index (χ0) is 12.1. The standard InChI is InChI=1S/C12H13BrN2OS/c1-14-7-9-6-10(2-3-11(9)13)16-8-12-15-4-5-17-12/h2-6,14H,7-8H2,1H3. The molecule has 0 saturated carbocycles. The fraction of sp³-hybridized carbons (Fsp3) is 0.250. The Labute approximate surface area is 113 Å². The van der Waals surface area contributed by atoms with E-state index in [1.807, 2.05) is 30.6 Å². The Morgan fingerprint density at radius 2 is 2.35 bits per heavy atom. The fourth-order valence-electron chi connectivity index (χ4n) is 1.44. The van der Waals surface area contributed by atoms with E-state index in [-0.39, 0.29) is 0 Å². The second-order valence-electron chi connectivity index (χ2n) is 3.50. The highest BCUT2D eigenvalue weighted by atomic mass is 79.9. The molecule has 90 valence electrons. The third-order valence-corrected chi connectivity index (χ3v) is 3.76. The molecule has 0 radical (unpaired) electrons. The molecule has 0 aliphatic heterocycles. The molecule has 1 aromatic heterocycles. The van der Waals surface area contributed by atoms with Gasteiger partial charge in [-0.1, -0.05) is 15.9 Å². The minimum absolute atomic E-state index is 0.526. The van der Waals surface area contributed by atoms with Crippen molar-refractivity contribution in [3.05, 3.63) is 44.8 Å². The van der Waals surface area contributed by atoms with Crippen LogP contribution in [0, 0.1) is 0 Å². The number of benzene rings is 1. The van der Waals surface area contributed by atoms with E-state index in [9.17, 15) is 0 Å². The second kappa shape index (κ2) is 6.14. The van der Waals surface area contributed by atoms with Crippen molar-refractivity contribution in [2.75, 3.05) is 7.05 Å². The van der Waals surface area contributed by atoms with Crippen LogP contribution in [0.4, 0.5) is 0 Å². The van der Waals surface area contributed by atoms with Crippen LogP contribution >= 0.6 is 27.3 Å². The van der Waals surface area contributed by atoms with Crippen LogP contribution in [0.15, 0.2) is 34.2 Å². The summed E-state index contributed by atoms with van der Waals surface area (Å²) in [5.74, 6) is 0.869.